The minimum absolute atomic E-state index is 0.304. The molecule has 130 valence electrons. The maximum atomic E-state index is 12.1. The standard InChI is InChI=1S/C17H24N4O2S/c1-9(2)8-19-17(23)21-15(22)13(6)24-16-14(7-18)11(4)10(3)12(5)20-16/h9,13H,8H2,1-6H3,(H2,19,21,22,23)/t13-/m0/s1. The molecule has 0 aliphatic heterocycles. The van der Waals surface area contributed by atoms with Crippen LogP contribution in [0, 0.1) is 38.0 Å². The van der Waals surface area contributed by atoms with E-state index in [9.17, 15) is 14.9 Å². The van der Waals surface area contributed by atoms with Crippen molar-refractivity contribution in [2.24, 2.45) is 5.92 Å². The van der Waals surface area contributed by atoms with Crippen molar-refractivity contribution in [1.82, 2.24) is 15.6 Å². The van der Waals surface area contributed by atoms with Gasteiger partial charge in [0.1, 0.15) is 11.1 Å². The van der Waals surface area contributed by atoms with Crippen molar-refractivity contribution in [2.75, 3.05) is 6.54 Å². The van der Waals surface area contributed by atoms with Crippen LogP contribution in [0.15, 0.2) is 5.03 Å². The summed E-state index contributed by atoms with van der Waals surface area (Å²) in [5, 5.41) is 14.3. The Kier molecular flexibility index (Phi) is 7.23. The zero-order chi connectivity index (χ0) is 18.4. The molecule has 6 nitrogen and oxygen atoms in total. The maximum Gasteiger partial charge on any atom is 0.321 e. The SMILES string of the molecule is Cc1nc(S[C@@H](C)C(=O)NC(=O)NCC(C)C)c(C#N)c(C)c1C. The van der Waals surface area contributed by atoms with Gasteiger partial charge in [0.25, 0.3) is 0 Å². The number of carbonyl (C=O) groups is 2. The van der Waals surface area contributed by atoms with Crippen LogP contribution in [-0.4, -0.2) is 28.7 Å². The Bertz CT molecular complexity index is 680. The summed E-state index contributed by atoms with van der Waals surface area (Å²) < 4.78 is 0. The van der Waals surface area contributed by atoms with Crippen molar-refractivity contribution in [3.63, 3.8) is 0 Å². The number of hydrogen-bond acceptors (Lipinski definition) is 5. The van der Waals surface area contributed by atoms with E-state index in [4.69, 9.17) is 0 Å². The predicted molar refractivity (Wildman–Crippen MR) is 94.9 cm³/mol. The largest absolute Gasteiger partial charge is 0.338 e. The fraction of sp³-hybridized carbons (Fsp3) is 0.529. The molecule has 1 heterocycles. The molecule has 0 aliphatic rings. The number of hydrogen-bond donors (Lipinski definition) is 2. The van der Waals surface area contributed by atoms with Crippen molar-refractivity contribution in [3.05, 3.63) is 22.4 Å². The average Bonchev–Trinajstić information content (AvgIpc) is 2.51. The molecule has 1 aromatic heterocycles. The third kappa shape index (κ3) is 5.24. The van der Waals surface area contributed by atoms with Crippen LogP contribution in [0.4, 0.5) is 4.79 Å². The lowest BCUT2D eigenvalue weighted by atomic mass is 10.1. The van der Waals surface area contributed by atoms with E-state index in [1.165, 1.54) is 11.8 Å². The molecule has 1 aromatic rings. The summed E-state index contributed by atoms with van der Waals surface area (Å²) in [4.78, 5) is 28.2. The molecule has 0 fully saturated rings. The zero-order valence-corrected chi connectivity index (χ0v) is 15.8. The van der Waals surface area contributed by atoms with Gasteiger partial charge in [-0.1, -0.05) is 25.6 Å². The first-order chi connectivity index (χ1) is 11.2. The van der Waals surface area contributed by atoms with Gasteiger partial charge in [0.05, 0.1) is 10.8 Å². The van der Waals surface area contributed by atoms with Gasteiger partial charge in [-0.3, -0.25) is 10.1 Å². The number of nitriles is 1. The van der Waals surface area contributed by atoms with Gasteiger partial charge in [0.15, 0.2) is 0 Å². The molecule has 1 atom stereocenters. The Morgan fingerprint density at radius 3 is 2.38 bits per heavy atom. The molecule has 0 spiro atoms. The number of amides is 3. The first-order valence-corrected chi connectivity index (χ1v) is 8.68. The zero-order valence-electron chi connectivity index (χ0n) is 15.0. The number of carbonyl (C=O) groups excluding carboxylic acids is 2. The number of aromatic nitrogens is 1. The minimum atomic E-state index is -0.545. The van der Waals surface area contributed by atoms with Crippen LogP contribution in [0.25, 0.3) is 0 Å². The van der Waals surface area contributed by atoms with Crippen molar-refractivity contribution in [2.45, 2.75) is 51.8 Å². The molecule has 0 radical (unpaired) electrons. The van der Waals surface area contributed by atoms with E-state index >= 15 is 0 Å². The second-order valence-corrected chi connectivity index (χ2v) is 7.42. The van der Waals surface area contributed by atoms with Gasteiger partial charge < -0.3 is 5.32 Å². The molecule has 0 saturated heterocycles. The third-order valence-electron chi connectivity index (χ3n) is 3.64. The van der Waals surface area contributed by atoms with E-state index in [-0.39, 0.29) is 0 Å². The van der Waals surface area contributed by atoms with E-state index in [2.05, 4.69) is 21.7 Å². The van der Waals surface area contributed by atoms with Gasteiger partial charge in [-0.15, -0.1) is 0 Å². The molecule has 0 saturated carbocycles. The minimum Gasteiger partial charge on any atom is -0.338 e. The number of pyridine rings is 1. The van der Waals surface area contributed by atoms with Crippen molar-refractivity contribution >= 4 is 23.7 Å². The number of thioether (sulfide) groups is 1. The summed E-state index contributed by atoms with van der Waals surface area (Å²) in [5.41, 5.74) is 3.15. The number of nitrogens with one attached hydrogen (secondary N) is 2. The monoisotopic (exact) mass is 348 g/mol. The quantitative estimate of drug-likeness (QED) is 0.798. The molecule has 24 heavy (non-hydrogen) atoms. The highest BCUT2D eigenvalue weighted by Crippen LogP contribution is 2.29. The Labute approximate surface area is 147 Å². The lowest BCUT2D eigenvalue weighted by molar-refractivity contribution is -0.119. The summed E-state index contributed by atoms with van der Waals surface area (Å²) in [6.07, 6.45) is 0. The molecular weight excluding hydrogens is 324 g/mol. The molecule has 0 aromatic carbocycles. The van der Waals surface area contributed by atoms with Crippen LogP contribution in [0.3, 0.4) is 0 Å². The van der Waals surface area contributed by atoms with Crippen LogP contribution in [0.2, 0.25) is 0 Å². The fourth-order valence-electron chi connectivity index (χ4n) is 1.90. The van der Waals surface area contributed by atoms with E-state index in [0.29, 0.717) is 23.1 Å². The van der Waals surface area contributed by atoms with Gasteiger partial charge in [0, 0.05) is 12.2 Å². The normalized spacial score (nSPS) is 11.8. The third-order valence-corrected chi connectivity index (χ3v) is 4.73. The van der Waals surface area contributed by atoms with Gasteiger partial charge in [0.2, 0.25) is 5.91 Å². The molecule has 0 unspecified atom stereocenters. The van der Waals surface area contributed by atoms with Crippen molar-refractivity contribution in [3.8, 4) is 6.07 Å². The first-order valence-electron chi connectivity index (χ1n) is 7.80. The van der Waals surface area contributed by atoms with E-state index in [1.807, 2.05) is 34.6 Å². The van der Waals surface area contributed by atoms with E-state index in [0.717, 1.165) is 16.8 Å². The van der Waals surface area contributed by atoms with Crippen LogP contribution >= 0.6 is 11.8 Å². The van der Waals surface area contributed by atoms with Gasteiger partial charge in [-0.2, -0.15) is 5.26 Å². The summed E-state index contributed by atoms with van der Waals surface area (Å²) >= 11 is 1.18. The topological polar surface area (TPSA) is 94.9 Å². The second kappa shape index (κ2) is 8.69. The van der Waals surface area contributed by atoms with E-state index in [1.54, 1.807) is 6.92 Å². The fourth-order valence-corrected chi connectivity index (χ4v) is 2.91. The molecular formula is C17H24N4O2S. The lowest BCUT2D eigenvalue weighted by Crippen LogP contribution is -2.43. The van der Waals surface area contributed by atoms with Crippen LogP contribution < -0.4 is 10.6 Å². The second-order valence-electron chi connectivity index (χ2n) is 6.09. The highest BCUT2D eigenvalue weighted by Gasteiger charge is 2.21. The van der Waals surface area contributed by atoms with Crippen molar-refractivity contribution < 1.29 is 9.59 Å². The Balaban J connectivity index is 2.81. The average molecular weight is 348 g/mol. The van der Waals surface area contributed by atoms with Crippen LogP contribution in [0.5, 0.6) is 0 Å². The lowest BCUT2D eigenvalue weighted by Gasteiger charge is -2.15. The maximum absolute atomic E-state index is 12.1. The molecule has 7 heteroatoms. The molecule has 3 amide bonds. The smallest absolute Gasteiger partial charge is 0.321 e. The highest BCUT2D eigenvalue weighted by molar-refractivity contribution is 8.00. The summed E-state index contributed by atoms with van der Waals surface area (Å²) in [5.74, 6) is -0.110. The number of rotatable bonds is 5. The molecule has 2 N–H and O–H groups in total. The molecule has 0 bridgehead atoms. The van der Waals surface area contributed by atoms with Crippen LogP contribution in [0.1, 0.15) is 43.2 Å². The first kappa shape index (κ1) is 20.0. The molecule has 0 aliphatic carbocycles. The number of aryl methyl sites for hydroxylation is 1. The highest BCUT2D eigenvalue weighted by atomic mass is 32.2. The number of nitrogens with zero attached hydrogens (tertiary/aromatic N) is 2. The molecule has 1 rings (SSSR count). The Morgan fingerprint density at radius 1 is 1.21 bits per heavy atom. The van der Waals surface area contributed by atoms with Crippen molar-refractivity contribution in [1.29, 1.82) is 5.26 Å². The van der Waals surface area contributed by atoms with Gasteiger partial charge in [-0.05, 0) is 44.7 Å². The summed E-state index contributed by atoms with van der Waals surface area (Å²) in [7, 11) is 0. The van der Waals surface area contributed by atoms with E-state index < -0.39 is 17.2 Å². The van der Waals surface area contributed by atoms with Gasteiger partial charge in [-0.25, -0.2) is 9.78 Å². The Hall–Kier alpha value is -2.07. The Morgan fingerprint density at radius 2 is 1.83 bits per heavy atom. The van der Waals surface area contributed by atoms with Gasteiger partial charge >= 0.3 is 6.03 Å². The van der Waals surface area contributed by atoms with Crippen LogP contribution in [-0.2, 0) is 4.79 Å². The summed E-state index contributed by atoms with van der Waals surface area (Å²) in [6.45, 7) is 11.8. The number of imide groups is 1. The number of urea groups is 1. The summed E-state index contributed by atoms with van der Waals surface area (Å²) in [6, 6.07) is 1.65. The predicted octanol–water partition coefficient (Wildman–Crippen LogP) is 2.84.